The summed E-state index contributed by atoms with van der Waals surface area (Å²) in [6.45, 7) is 1.95. The van der Waals surface area contributed by atoms with Crippen LogP contribution in [-0.2, 0) is 17.6 Å². The van der Waals surface area contributed by atoms with Gasteiger partial charge in [-0.1, -0.05) is 23.7 Å². The quantitative estimate of drug-likeness (QED) is 0.889. The maximum absolute atomic E-state index is 11.9. The number of Topliss-reactive ketones (excluding diaryl/α,β-unsaturated/α-hetero) is 1. The maximum Gasteiger partial charge on any atom is 0.145 e. The van der Waals surface area contributed by atoms with Crippen molar-refractivity contribution in [2.24, 2.45) is 0 Å². The Labute approximate surface area is 110 Å². The van der Waals surface area contributed by atoms with E-state index in [-0.39, 0.29) is 12.2 Å². The zero-order chi connectivity index (χ0) is 13.1. The molecule has 5 heteroatoms. The highest BCUT2D eigenvalue weighted by Crippen LogP contribution is 2.20. The van der Waals surface area contributed by atoms with Gasteiger partial charge in [0, 0.05) is 29.6 Å². The molecule has 0 saturated carbocycles. The van der Waals surface area contributed by atoms with Crippen molar-refractivity contribution in [2.75, 3.05) is 5.73 Å². The molecule has 0 amide bonds. The number of carbonyl (C=O) groups excluding carboxylic acids is 1. The minimum Gasteiger partial charge on any atom is -0.382 e. The average molecular weight is 264 g/mol. The van der Waals surface area contributed by atoms with Crippen molar-refractivity contribution in [3.05, 3.63) is 46.1 Å². The fraction of sp³-hybridized carbons (Fsp3) is 0.231. The first-order valence-corrected chi connectivity index (χ1v) is 5.99. The van der Waals surface area contributed by atoms with Crippen LogP contribution in [-0.4, -0.2) is 16.0 Å². The highest BCUT2D eigenvalue weighted by atomic mass is 35.5. The van der Waals surface area contributed by atoms with E-state index in [1.165, 1.54) is 0 Å². The second-order valence-corrected chi connectivity index (χ2v) is 4.65. The number of carbonyl (C=O) groups is 1. The number of hydrogen-bond donors (Lipinski definition) is 2. The van der Waals surface area contributed by atoms with Crippen molar-refractivity contribution < 1.29 is 4.79 Å². The summed E-state index contributed by atoms with van der Waals surface area (Å²) < 4.78 is 0. The first kappa shape index (κ1) is 12.6. The van der Waals surface area contributed by atoms with Gasteiger partial charge in [-0.25, -0.2) is 0 Å². The molecule has 0 saturated heterocycles. The summed E-state index contributed by atoms with van der Waals surface area (Å²) in [5.41, 5.74) is 8.12. The third kappa shape index (κ3) is 2.90. The molecule has 0 radical (unpaired) electrons. The summed E-state index contributed by atoms with van der Waals surface area (Å²) >= 11 is 6.09. The Balaban J connectivity index is 2.08. The van der Waals surface area contributed by atoms with Crippen LogP contribution in [0, 0.1) is 6.92 Å². The van der Waals surface area contributed by atoms with Crippen molar-refractivity contribution >= 4 is 23.2 Å². The van der Waals surface area contributed by atoms with Crippen molar-refractivity contribution in [3.63, 3.8) is 0 Å². The lowest BCUT2D eigenvalue weighted by molar-refractivity contribution is -0.117. The van der Waals surface area contributed by atoms with Gasteiger partial charge in [-0.2, -0.15) is 5.10 Å². The lowest BCUT2D eigenvalue weighted by Gasteiger charge is -2.06. The zero-order valence-electron chi connectivity index (χ0n) is 10.0. The lowest BCUT2D eigenvalue weighted by atomic mass is 10.0. The maximum atomic E-state index is 11.9. The van der Waals surface area contributed by atoms with E-state index in [0.717, 1.165) is 16.8 Å². The molecule has 1 heterocycles. The Kier molecular flexibility index (Phi) is 3.67. The topological polar surface area (TPSA) is 71.8 Å². The molecule has 0 bridgehead atoms. The van der Waals surface area contributed by atoms with Crippen molar-refractivity contribution in [1.82, 2.24) is 10.2 Å². The summed E-state index contributed by atoms with van der Waals surface area (Å²) in [5, 5.41) is 7.14. The predicted octanol–water partition coefficient (Wildman–Crippen LogP) is 2.31. The van der Waals surface area contributed by atoms with E-state index in [1.807, 2.05) is 19.1 Å². The Morgan fingerprint density at radius 2 is 2.22 bits per heavy atom. The van der Waals surface area contributed by atoms with E-state index in [2.05, 4.69) is 10.2 Å². The molecule has 2 aromatic rings. The molecule has 0 atom stereocenters. The summed E-state index contributed by atoms with van der Waals surface area (Å²) in [4.78, 5) is 11.9. The number of nitrogens with two attached hydrogens (primary N) is 1. The van der Waals surface area contributed by atoms with Crippen molar-refractivity contribution in [2.45, 2.75) is 19.8 Å². The number of hydrogen-bond acceptors (Lipinski definition) is 3. The number of aryl methyl sites for hydroxylation is 1. The molecule has 0 aliphatic rings. The Bertz CT molecular complexity index is 557. The average Bonchev–Trinajstić information content (AvgIpc) is 2.69. The van der Waals surface area contributed by atoms with Gasteiger partial charge in [0.25, 0.3) is 0 Å². The number of benzene rings is 1. The number of aromatic nitrogens is 2. The van der Waals surface area contributed by atoms with E-state index in [4.69, 9.17) is 17.3 Å². The van der Waals surface area contributed by atoms with Crippen LogP contribution in [0.15, 0.2) is 24.3 Å². The number of ketones is 1. The monoisotopic (exact) mass is 263 g/mol. The summed E-state index contributed by atoms with van der Waals surface area (Å²) in [6.07, 6.45) is 0.610. The molecular weight excluding hydrogens is 250 g/mol. The Morgan fingerprint density at radius 1 is 1.44 bits per heavy atom. The van der Waals surface area contributed by atoms with Gasteiger partial charge in [-0.15, -0.1) is 0 Å². The Hall–Kier alpha value is -1.81. The van der Waals surface area contributed by atoms with Crippen LogP contribution in [0.5, 0.6) is 0 Å². The molecule has 0 fully saturated rings. The predicted molar refractivity (Wildman–Crippen MR) is 71.6 cm³/mol. The molecule has 2 rings (SSSR count). The van der Waals surface area contributed by atoms with Gasteiger partial charge in [0.2, 0.25) is 0 Å². The fourth-order valence-electron chi connectivity index (χ4n) is 1.83. The largest absolute Gasteiger partial charge is 0.382 e. The van der Waals surface area contributed by atoms with Crippen LogP contribution in [0.1, 0.15) is 16.8 Å². The van der Waals surface area contributed by atoms with E-state index in [0.29, 0.717) is 17.3 Å². The highest BCUT2D eigenvalue weighted by Gasteiger charge is 2.11. The van der Waals surface area contributed by atoms with Crippen LogP contribution in [0.3, 0.4) is 0 Å². The molecule has 1 aromatic heterocycles. The van der Waals surface area contributed by atoms with Crippen LogP contribution < -0.4 is 5.73 Å². The molecule has 4 nitrogen and oxygen atoms in total. The van der Waals surface area contributed by atoms with E-state index in [9.17, 15) is 4.79 Å². The van der Waals surface area contributed by atoms with Gasteiger partial charge >= 0.3 is 0 Å². The van der Waals surface area contributed by atoms with Gasteiger partial charge in [0.1, 0.15) is 11.6 Å². The Morgan fingerprint density at radius 3 is 2.83 bits per heavy atom. The van der Waals surface area contributed by atoms with E-state index in [1.54, 1.807) is 12.1 Å². The van der Waals surface area contributed by atoms with Gasteiger partial charge in [-0.3, -0.25) is 9.89 Å². The molecule has 0 aliphatic heterocycles. The second kappa shape index (κ2) is 5.23. The number of rotatable bonds is 4. The number of nitrogens with one attached hydrogen (secondary N) is 1. The highest BCUT2D eigenvalue weighted by molar-refractivity contribution is 6.31. The second-order valence-electron chi connectivity index (χ2n) is 4.25. The van der Waals surface area contributed by atoms with Gasteiger partial charge in [-0.05, 0) is 24.1 Å². The molecule has 18 heavy (non-hydrogen) atoms. The number of nitrogen functional groups attached to an aromatic ring is 1. The normalized spacial score (nSPS) is 10.6. The smallest absolute Gasteiger partial charge is 0.145 e. The summed E-state index contributed by atoms with van der Waals surface area (Å²) in [6, 6.07) is 7.28. The van der Waals surface area contributed by atoms with Gasteiger partial charge < -0.3 is 5.73 Å². The SMILES string of the molecule is Cc1cccc(Cl)c1CC(=O)Cc1cc(N)n[nH]1. The molecule has 1 aromatic carbocycles. The van der Waals surface area contributed by atoms with Crippen LogP contribution in [0.2, 0.25) is 5.02 Å². The number of aromatic amines is 1. The zero-order valence-corrected chi connectivity index (χ0v) is 10.8. The molecule has 0 spiro atoms. The number of nitrogens with zero attached hydrogens (tertiary/aromatic N) is 1. The van der Waals surface area contributed by atoms with Crippen LogP contribution in [0.4, 0.5) is 5.82 Å². The van der Waals surface area contributed by atoms with Crippen molar-refractivity contribution in [1.29, 1.82) is 0 Å². The number of anilines is 1. The molecule has 94 valence electrons. The van der Waals surface area contributed by atoms with Gasteiger partial charge in [0.05, 0.1) is 0 Å². The van der Waals surface area contributed by atoms with Crippen LogP contribution >= 0.6 is 11.6 Å². The van der Waals surface area contributed by atoms with Gasteiger partial charge in [0.15, 0.2) is 0 Å². The minimum absolute atomic E-state index is 0.0786. The minimum atomic E-state index is 0.0786. The van der Waals surface area contributed by atoms with Crippen LogP contribution in [0.25, 0.3) is 0 Å². The third-order valence-corrected chi connectivity index (χ3v) is 3.12. The summed E-state index contributed by atoms with van der Waals surface area (Å²) in [7, 11) is 0. The van der Waals surface area contributed by atoms with E-state index >= 15 is 0 Å². The molecule has 0 unspecified atom stereocenters. The first-order chi connectivity index (χ1) is 8.56. The lowest BCUT2D eigenvalue weighted by Crippen LogP contribution is -2.08. The summed E-state index contributed by atoms with van der Waals surface area (Å²) in [5.74, 6) is 0.474. The molecular formula is C13H14ClN3O. The first-order valence-electron chi connectivity index (χ1n) is 5.61. The third-order valence-electron chi connectivity index (χ3n) is 2.77. The van der Waals surface area contributed by atoms with E-state index < -0.39 is 0 Å². The number of halogens is 1. The molecule has 3 N–H and O–H groups in total. The fourth-order valence-corrected chi connectivity index (χ4v) is 2.12. The standard InChI is InChI=1S/C13H14ClN3O/c1-8-3-2-4-12(14)11(8)7-10(18)5-9-6-13(15)17-16-9/h2-4,6H,5,7H2,1H3,(H3,15,16,17). The number of H-pyrrole nitrogens is 1. The van der Waals surface area contributed by atoms with Crippen molar-refractivity contribution in [3.8, 4) is 0 Å². The molecule has 0 aliphatic carbocycles.